The van der Waals surface area contributed by atoms with Crippen molar-refractivity contribution in [1.29, 1.82) is 0 Å². The van der Waals surface area contributed by atoms with Gasteiger partial charge in [-0.2, -0.15) is 0 Å². The molecule has 0 bridgehead atoms. The lowest BCUT2D eigenvalue weighted by atomic mass is 9.96. The third-order valence-corrected chi connectivity index (χ3v) is 6.17. The van der Waals surface area contributed by atoms with E-state index in [0.717, 1.165) is 6.26 Å². The van der Waals surface area contributed by atoms with E-state index < -0.39 is 16.1 Å². The topological polar surface area (TPSA) is 93.2 Å². The molecule has 1 aromatic rings. The molecular formula is C19H28N2O6S. The molecule has 0 aromatic heterocycles. The Kier molecular flexibility index (Phi) is 7.29. The highest BCUT2D eigenvalue weighted by Crippen LogP contribution is 2.23. The van der Waals surface area contributed by atoms with Crippen LogP contribution in [0.1, 0.15) is 26.2 Å². The standard InChI is InChI=1S/C19H28N2O6S/c1-5-17(18(22)21-12-10-14(11-13-21)19(23)26-3)27-16-8-6-15(7-9-16)20(2)28(4,24)25/h6-9,14,17H,5,10-13H2,1-4H3/t17-/m1/s1. The van der Waals surface area contributed by atoms with Crippen LogP contribution in [0.4, 0.5) is 5.69 Å². The van der Waals surface area contributed by atoms with Crippen molar-refractivity contribution in [2.45, 2.75) is 32.3 Å². The van der Waals surface area contributed by atoms with Crippen LogP contribution in [0, 0.1) is 5.92 Å². The number of rotatable bonds is 7. The largest absolute Gasteiger partial charge is 0.481 e. The Morgan fingerprint density at radius 1 is 1.21 bits per heavy atom. The maximum atomic E-state index is 12.8. The van der Waals surface area contributed by atoms with Crippen LogP contribution in [-0.4, -0.2) is 64.8 Å². The molecule has 0 radical (unpaired) electrons. The van der Waals surface area contributed by atoms with Crippen LogP contribution in [0.25, 0.3) is 0 Å². The lowest BCUT2D eigenvalue weighted by Gasteiger charge is -2.33. The number of esters is 1. The van der Waals surface area contributed by atoms with Gasteiger partial charge in [0, 0.05) is 20.1 Å². The summed E-state index contributed by atoms with van der Waals surface area (Å²) in [7, 11) is -0.490. The maximum absolute atomic E-state index is 12.8. The van der Waals surface area contributed by atoms with Crippen molar-refractivity contribution in [3.8, 4) is 5.75 Å². The van der Waals surface area contributed by atoms with E-state index in [0.29, 0.717) is 43.8 Å². The van der Waals surface area contributed by atoms with Crippen LogP contribution < -0.4 is 9.04 Å². The van der Waals surface area contributed by atoms with Gasteiger partial charge in [0.05, 0.1) is 25.0 Å². The fraction of sp³-hybridized carbons (Fsp3) is 0.579. The number of piperidine rings is 1. The Hall–Kier alpha value is -2.29. The lowest BCUT2D eigenvalue weighted by molar-refractivity contribution is -0.150. The van der Waals surface area contributed by atoms with Crippen LogP contribution in [0.15, 0.2) is 24.3 Å². The summed E-state index contributed by atoms with van der Waals surface area (Å²) in [5.41, 5.74) is 0.513. The van der Waals surface area contributed by atoms with Crippen molar-refractivity contribution in [2.75, 3.05) is 37.8 Å². The van der Waals surface area contributed by atoms with Crippen LogP contribution >= 0.6 is 0 Å². The summed E-state index contributed by atoms with van der Waals surface area (Å²) in [4.78, 5) is 26.1. The van der Waals surface area contributed by atoms with Gasteiger partial charge in [0.1, 0.15) is 5.75 Å². The van der Waals surface area contributed by atoms with Crippen LogP contribution in [0.3, 0.4) is 0 Å². The van der Waals surface area contributed by atoms with Gasteiger partial charge in [0.2, 0.25) is 10.0 Å². The maximum Gasteiger partial charge on any atom is 0.308 e. The highest BCUT2D eigenvalue weighted by molar-refractivity contribution is 7.92. The highest BCUT2D eigenvalue weighted by atomic mass is 32.2. The smallest absolute Gasteiger partial charge is 0.308 e. The first-order valence-electron chi connectivity index (χ1n) is 9.24. The van der Waals surface area contributed by atoms with Crippen molar-refractivity contribution < 1.29 is 27.5 Å². The fourth-order valence-corrected chi connectivity index (χ4v) is 3.61. The molecule has 2 rings (SSSR count). The molecule has 9 heteroatoms. The Balaban J connectivity index is 1.98. The molecule has 0 spiro atoms. The number of hydrogen-bond acceptors (Lipinski definition) is 6. The quantitative estimate of drug-likeness (QED) is 0.632. The minimum atomic E-state index is -3.34. The van der Waals surface area contributed by atoms with Crippen molar-refractivity contribution >= 4 is 27.6 Å². The summed E-state index contributed by atoms with van der Waals surface area (Å²) in [6.07, 6.45) is 2.17. The Labute approximate surface area is 166 Å². The van der Waals surface area contributed by atoms with Crippen molar-refractivity contribution in [2.24, 2.45) is 5.92 Å². The molecule has 1 fully saturated rings. The summed E-state index contributed by atoms with van der Waals surface area (Å²) in [6.45, 7) is 2.86. The molecule has 1 atom stereocenters. The normalized spacial score (nSPS) is 16.4. The monoisotopic (exact) mass is 412 g/mol. The van der Waals surface area contributed by atoms with E-state index in [1.54, 1.807) is 29.2 Å². The predicted molar refractivity (Wildman–Crippen MR) is 106 cm³/mol. The van der Waals surface area contributed by atoms with Crippen LogP contribution in [0.2, 0.25) is 0 Å². The van der Waals surface area contributed by atoms with E-state index in [9.17, 15) is 18.0 Å². The molecule has 0 unspecified atom stereocenters. The zero-order chi connectivity index (χ0) is 20.9. The third kappa shape index (κ3) is 5.37. The van der Waals surface area contributed by atoms with E-state index in [-0.39, 0.29) is 17.8 Å². The summed E-state index contributed by atoms with van der Waals surface area (Å²) < 4.78 is 35.0. The number of anilines is 1. The first kappa shape index (κ1) is 22.0. The van der Waals surface area contributed by atoms with Gasteiger partial charge < -0.3 is 14.4 Å². The SMILES string of the molecule is CC[C@@H](Oc1ccc(N(C)S(C)(=O)=O)cc1)C(=O)N1CCC(C(=O)OC)CC1. The minimum Gasteiger partial charge on any atom is -0.481 e. The van der Waals surface area contributed by atoms with Gasteiger partial charge in [-0.1, -0.05) is 6.92 Å². The van der Waals surface area contributed by atoms with E-state index in [2.05, 4.69) is 0 Å². The number of carbonyl (C=O) groups excluding carboxylic acids is 2. The Morgan fingerprint density at radius 2 is 1.79 bits per heavy atom. The number of hydrogen-bond donors (Lipinski definition) is 0. The number of sulfonamides is 1. The molecule has 1 aliphatic rings. The summed E-state index contributed by atoms with van der Waals surface area (Å²) in [6, 6.07) is 6.57. The molecule has 1 aromatic carbocycles. The average molecular weight is 413 g/mol. The number of likely N-dealkylation sites (tertiary alicyclic amines) is 1. The van der Waals surface area contributed by atoms with Crippen molar-refractivity contribution in [3.05, 3.63) is 24.3 Å². The van der Waals surface area contributed by atoms with Crippen LogP contribution in [-0.2, 0) is 24.3 Å². The fourth-order valence-electron chi connectivity index (χ4n) is 3.10. The second kappa shape index (κ2) is 9.27. The molecule has 1 aliphatic heterocycles. The Morgan fingerprint density at radius 3 is 2.25 bits per heavy atom. The van der Waals surface area contributed by atoms with Crippen molar-refractivity contribution in [1.82, 2.24) is 4.90 Å². The van der Waals surface area contributed by atoms with Gasteiger partial charge >= 0.3 is 5.97 Å². The zero-order valence-corrected chi connectivity index (χ0v) is 17.6. The van der Waals surface area contributed by atoms with Gasteiger partial charge in [0.15, 0.2) is 6.10 Å². The van der Waals surface area contributed by atoms with Gasteiger partial charge in [-0.25, -0.2) is 8.42 Å². The minimum absolute atomic E-state index is 0.108. The average Bonchev–Trinajstić information content (AvgIpc) is 2.70. The molecule has 0 aliphatic carbocycles. The second-order valence-electron chi connectivity index (χ2n) is 6.86. The number of methoxy groups -OCH3 is 1. The molecular weight excluding hydrogens is 384 g/mol. The number of ether oxygens (including phenoxy) is 2. The zero-order valence-electron chi connectivity index (χ0n) is 16.8. The van der Waals surface area contributed by atoms with E-state index in [1.807, 2.05) is 6.92 Å². The second-order valence-corrected chi connectivity index (χ2v) is 8.88. The molecule has 156 valence electrons. The molecule has 1 heterocycles. The highest BCUT2D eigenvalue weighted by Gasteiger charge is 2.31. The molecule has 1 saturated heterocycles. The predicted octanol–water partition coefficient (Wildman–Crippen LogP) is 1.65. The molecule has 28 heavy (non-hydrogen) atoms. The van der Waals surface area contributed by atoms with Gasteiger partial charge in [-0.05, 0) is 43.5 Å². The van der Waals surface area contributed by atoms with Crippen LogP contribution in [0.5, 0.6) is 5.75 Å². The number of amides is 1. The first-order chi connectivity index (χ1) is 13.2. The van der Waals surface area contributed by atoms with Gasteiger partial charge in [-0.15, -0.1) is 0 Å². The summed E-state index contributed by atoms with van der Waals surface area (Å²) in [5.74, 6) is 0.00223. The van der Waals surface area contributed by atoms with Gasteiger partial charge in [0.25, 0.3) is 5.91 Å². The summed E-state index contributed by atoms with van der Waals surface area (Å²) >= 11 is 0. The molecule has 0 N–H and O–H groups in total. The Bertz CT molecular complexity index is 785. The first-order valence-corrected chi connectivity index (χ1v) is 11.1. The number of carbonyl (C=O) groups is 2. The van der Waals surface area contributed by atoms with E-state index in [1.165, 1.54) is 18.5 Å². The third-order valence-electron chi connectivity index (χ3n) is 4.96. The van der Waals surface area contributed by atoms with E-state index in [4.69, 9.17) is 9.47 Å². The molecule has 1 amide bonds. The number of nitrogens with zero attached hydrogens (tertiary/aromatic N) is 2. The van der Waals surface area contributed by atoms with Crippen molar-refractivity contribution in [3.63, 3.8) is 0 Å². The number of benzene rings is 1. The molecule has 8 nitrogen and oxygen atoms in total. The summed E-state index contributed by atoms with van der Waals surface area (Å²) in [5, 5.41) is 0. The van der Waals surface area contributed by atoms with E-state index >= 15 is 0 Å². The van der Waals surface area contributed by atoms with Gasteiger partial charge in [-0.3, -0.25) is 13.9 Å². The molecule has 0 saturated carbocycles. The lowest BCUT2D eigenvalue weighted by Crippen LogP contribution is -2.46.